The Balaban J connectivity index is 1.55. The molecule has 1 aliphatic heterocycles. The number of hydrogen-bond donors (Lipinski definition) is 0. The van der Waals surface area contributed by atoms with E-state index in [1.807, 2.05) is 42.6 Å². The fourth-order valence-electron chi connectivity index (χ4n) is 2.83. The maximum atomic E-state index is 11.3. The first-order valence-corrected chi connectivity index (χ1v) is 8.18. The molecule has 3 rings (SSSR count). The van der Waals surface area contributed by atoms with Crippen molar-refractivity contribution in [2.24, 2.45) is 0 Å². The van der Waals surface area contributed by atoms with E-state index in [-0.39, 0.29) is 5.78 Å². The second-order valence-corrected chi connectivity index (χ2v) is 6.24. The highest BCUT2D eigenvalue weighted by molar-refractivity contribution is 6.29. The van der Waals surface area contributed by atoms with Gasteiger partial charge in [0.1, 0.15) is 5.15 Å². The molecule has 0 bridgehead atoms. The van der Waals surface area contributed by atoms with E-state index in [2.05, 4.69) is 14.8 Å². The minimum Gasteiger partial charge on any atom is -0.369 e. The first-order valence-electron chi connectivity index (χ1n) is 7.80. The molecule has 0 atom stereocenters. The lowest BCUT2D eigenvalue weighted by Crippen LogP contribution is -2.45. The number of carbonyl (C=O) groups excluding carboxylic acids is 1. The summed E-state index contributed by atoms with van der Waals surface area (Å²) in [5.41, 5.74) is 3.14. The number of hydrogen-bond acceptors (Lipinski definition) is 4. The van der Waals surface area contributed by atoms with Crippen LogP contribution in [0.3, 0.4) is 0 Å². The van der Waals surface area contributed by atoms with Gasteiger partial charge in [0.15, 0.2) is 5.78 Å². The van der Waals surface area contributed by atoms with Crippen molar-refractivity contribution in [1.29, 1.82) is 0 Å². The van der Waals surface area contributed by atoms with Crippen LogP contribution in [0.15, 0.2) is 42.6 Å². The molecule has 1 aromatic heterocycles. The van der Waals surface area contributed by atoms with E-state index in [1.165, 1.54) is 11.3 Å². The largest absolute Gasteiger partial charge is 0.369 e. The molecule has 0 aliphatic carbocycles. The van der Waals surface area contributed by atoms with Gasteiger partial charge in [0.05, 0.1) is 0 Å². The average Bonchev–Trinajstić information content (AvgIpc) is 2.58. The predicted octanol–water partition coefficient (Wildman–Crippen LogP) is 3.26. The van der Waals surface area contributed by atoms with Crippen molar-refractivity contribution in [1.82, 2.24) is 9.88 Å². The molecular weight excluding hydrogens is 310 g/mol. The zero-order chi connectivity index (χ0) is 16.2. The van der Waals surface area contributed by atoms with Crippen molar-refractivity contribution < 1.29 is 4.79 Å². The normalized spacial score (nSPS) is 15.7. The minimum absolute atomic E-state index is 0.109. The summed E-state index contributed by atoms with van der Waals surface area (Å²) in [5.74, 6) is 0.109. The second-order valence-electron chi connectivity index (χ2n) is 5.86. The van der Waals surface area contributed by atoms with Gasteiger partial charge in [-0.3, -0.25) is 9.69 Å². The van der Waals surface area contributed by atoms with Crippen LogP contribution in [0.4, 0.5) is 5.69 Å². The number of aromatic nitrogens is 1. The van der Waals surface area contributed by atoms with Gasteiger partial charge in [0.2, 0.25) is 0 Å². The zero-order valence-electron chi connectivity index (χ0n) is 13.2. The molecule has 2 aromatic rings. The summed E-state index contributed by atoms with van der Waals surface area (Å²) in [7, 11) is 0. The topological polar surface area (TPSA) is 36.4 Å². The van der Waals surface area contributed by atoms with Crippen LogP contribution in [0.25, 0.3) is 0 Å². The fraction of sp³-hybridized carbons (Fsp3) is 0.333. The summed E-state index contributed by atoms with van der Waals surface area (Å²) in [5, 5.41) is 0.535. The average molecular weight is 330 g/mol. The highest BCUT2D eigenvalue weighted by atomic mass is 35.5. The minimum atomic E-state index is 0.109. The van der Waals surface area contributed by atoms with Crippen LogP contribution in [-0.2, 0) is 6.54 Å². The van der Waals surface area contributed by atoms with Crippen LogP contribution < -0.4 is 4.90 Å². The van der Waals surface area contributed by atoms with Gasteiger partial charge >= 0.3 is 0 Å². The van der Waals surface area contributed by atoms with Crippen LogP contribution in [0.1, 0.15) is 22.8 Å². The second kappa shape index (κ2) is 7.11. The van der Waals surface area contributed by atoms with E-state index in [4.69, 9.17) is 11.6 Å². The molecule has 0 radical (unpaired) electrons. The van der Waals surface area contributed by atoms with Gasteiger partial charge in [-0.05, 0) is 42.8 Å². The number of piperazine rings is 1. The maximum absolute atomic E-state index is 11.3. The van der Waals surface area contributed by atoms with Crippen LogP contribution in [-0.4, -0.2) is 41.8 Å². The van der Waals surface area contributed by atoms with E-state index in [1.54, 1.807) is 6.92 Å². The van der Waals surface area contributed by atoms with E-state index >= 15 is 0 Å². The monoisotopic (exact) mass is 329 g/mol. The SMILES string of the molecule is CC(=O)c1ccc(N2CCN(Cc3ccc(Cl)nc3)CC2)cc1. The first kappa shape index (κ1) is 16.0. The highest BCUT2D eigenvalue weighted by Crippen LogP contribution is 2.18. The van der Waals surface area contributed by atoms with Gasteiger partial charge in [0.25, 0.3) is 0 Å². The van der Waals surface area contributed by atoms with Gasteiger partial charge in [-0.1, -0.05) is 17.7 Å². The van der Waals surface area contributed by atoms with Crippen molar-refractivity contribution in [2.45, 2.75) is 13.5 Å². The van der Waals surface area contributed by atoms with Crippen LogP contribution in [0, 0.1) is 0 Å². The Bertz CT molecular complexity index is 662. The number of benzene rings is 1. The summed E-state index contributed by atoms with van der Waals surface area (Å²) < 4.78 is 0. The van der Waals surface area contributed by atoms with Crippen molar-refractivity contribution in [2.75, 3.05) is 31.1 Å². The number of carbonyl (C=O) groups is 1. The fourth-order valence-corrected chi connectivity index (χ4v) is 2.94. The molecule has 4 nitrogen and oxygen atoms in total. The van der Waals surface area contributed by atoms with Crippen LogP contribution in [0.5, 0.6) is 0 Å². The van der Waals surface area contributed by atoms with E-state index < -0.39 is 0 Å². The molecule has 23 heavy (non-hydrogen) atoms. The lowest BCUT2D eigenvalue weighted by atomic mass is 10.1. The summed E-state index contributed by atoms with van der Waals surface area (Å²) in [6.07, 6.45) is 1.84. The summed E-state index contributed by atoms with van der Waals surface area (Å²) >= 11 is 5.82. The van der Waals surface area contributed by atoms with E-state index in [0.717, 1.165) is 38.3 Å². The molecule has 0 unspecified atom stereocenters. The van der Waals surface area contributed by atoms with Crippen LogP contribution in [0.2, 0.25) is 5.15 Å². The Hall–Kier alpha value is -1.91. The third kappa shape index (κ3) is 4.09. The quantitative estimate of drug-likeness (QED) is 0.637. The number of halogens is 1. The van der Waals surface area contributed by atoms with Gasteiger partial charge in [0, 0.05) is 50.2 Å². The maximum Gasteiger partial charge on any atom is 0.159 e. The van der Waals surface area contributed by atoms with Crippen molar-refractivity contribution in [3.8, 4) is 0 Å². The molecule has 2 heterocycles. The number of anilines is 1. The number of Topliss-reactive ketones (excluding diaryl/α,β-unsaturated/α-hetero) is 1. The van der Waals surface area contributed by atoms with E-state index in [9.17, 15) is 4.79 Å². The molecular formula is C18H20ClN3O. The molecule has 1 aromatic carbocycles. The molecule has 1 aliphatic rings. The molecule has 0 amide bonds. The lowest BCUT2D eigenvalue weighted by Gasteiger charge is -2.36. The van der Waals surface area contributed by atoms with Gasteiger partial charge in [-0.2, -0.15) is 0 Å². The number of rotatable bonds is 4. The van der Waals surface area contributed by atoms with Gasteiger partial charge in [-0.15, -0.1) is 0 Å². The lowest BCUT2D eigenvalue weighted by molar-refractivity contribution is 0.101. The molecule has 0 saturated carbocycles. The standard InChI is InChI=1S/C18H20ClN3O/c1-14(23)16-3-5-17(6-4-16)22-10-8-21(9-11-22)13-15-2-7-18(19)20-12-15/h2-7,12H,8-11,13H2,1H3. The zero-order valence-corrected chi connectivity index (χ0v) is 14.0. The third-order valence-electron chi connectivity index (χ3n) is 4.21. The summed E-state index contributed by atoms with van der Waals surface area (Å²) in [6.45, 7) is 6.50. The third-order valence-corrected chi connectivity index (χ3v) is 4.43. The predicted molar refractivity (Wildman–Crippen MR) is 93.2 cm³/mol. The Morgan fingerprint density at radius 2 is 1.78 bits per heavy atom. The smallest absolute Gasteiger partial charge is 0.159 e. The Morgan fingerprint density at radius 1 is 1.09 bits per heavy atom. The van der Waals surface area contributed by atoms with Crippen molar-refractivity contribution >= 4 is 23.1 Å². The first-order chi connectivity index (χ1) is 11.1. The Kier molecular flexibility index (Phi) is 4.94. The van der Waals surface area contributed by atoms with Crippen LogP contribution >= 0.6 is 11.6 Å². The van der Waals surface area contributed by atoms with Gasteiger partial charge in [-0.25, -0.2) is 4.98 Å². The number of pyridine rings is 1. The van der Waals surface area contributed by atoms with Crippen molar-refractivity contribution in [3.05, 3.63) is 58.9 Å². The van der Waals surface area contributed by atoms with Crippen molar-refractivity contribution in [3.63, 3.8) is 0 Å². The number of ketones is 1. The van der Waals surface area contributed by atoms with E-state index in [0.29, 0.717) is 5.15 Å². The molecule has 120 valence electrons. The molecule has 0 N–H and O–H groups in total. The Labute approximate surface area is 141 Å². The summed E-state index contributed by atoms with van der Waals surface area (Å²) in [6, 6.07) is 11.8. The van der Waals surface area contributed by atoms with Gasteiger partial charge < -0.3 is 4.90 Å². The molecule has 1 saturated heterocycles. The highest BCUT2D eigenvalue weighted by Gasteiger charge is 2.17. The Morgan fingerprint density at radius 3 is 2.35 bits per heavy atom. The molecule has 1 fully saturated rings. The molecule has 5 heteroatoms. The molecule has 0 spiro atoms. The number of nitrogens with zero attached hydrogens (tertiary/aromatic N) is 3. The summed E-state index contributed by atoms with van der Waals surface area (Å²) in [4.78, 5) is 20.3.